The van der Waals surface area contributed by atoms with Gasteiger partial charge in [-0.15, -0.1) is 0 Å². The predicted molar refractivity (Wildman–Crippen MR) is 124 cm³/mol. The highest BCUT2D eigenvalue weighted by Crippen LogP contribution is 2.17. The Kier molecular flexibility index (Phi) is 8.40. The third-order valence-corrected chi connectivity index (χ3v) is 5.85. The molecule has 0 radical (unpaired) electrons. The molecule has 9 nitrogen and oxygen atoms in total. The molecule has 10 heteroatoms. The number of carbonyl (C=O) groups excluding carboxylic acids is 4. The molecule has 2 atom stereocenters. The van der Waals surface area contributed by atoms with Crippen LogP contribution < -0.4 is 10.1 Å². The van der Waals surface area contributed by atoms with E-state index >= 15 is 0 Å². The highest BCUT2D eigenvalue weighted by atomic mass is 19.1. The fraction of sp³-hybridized carbons (Fsp3) is 0.360. The summed E-state index contributed by atoms with van der Waals surface area (Å²) >= 11 is 0. The van der Waals surface area contributed by atoms with Gasteiger partial charge in [-0.1, -0.05) is 18.2 Å². The number of benzene rings is 2. The number of hydrogen-bond acceptors (Lipinski definition) is 6. The van der Waals surface area contributed by atoms with Crippen molar-refractivity contribution >= 4 is 23.7 Å². The zero-order chi connectivity index (χ0) is 25.5. The Morgan fingerprint density at radius 3 is 2.40 bits per heavy atom. The fourth-order valence-corrected chi connectivity index (χ4v) is 3.97. The molecular formula is C25H28FN3O6. The summed E-state index contributed by atoms with van der Waals surface area (Å²) in [5.74, 6) is -1.93. The van der Waals surface area contributed by atoms with Gasteiger partial charge >= 0.3 is 5.97 Å². The molecule has 1 aliphatic rings. The topological polar surface area (TPSA) is 105 Å². The molecule has 0 bridgehead atoms. The van der Waals surface area contributed by atoms with Crippen LogP contribution in [0.1, 0.15) is 22.8 Å². The monoisotopic (exact) mass is 485 g/mol. The van der Waals surface area contributed by atoms with Gasteiger partial charge in [0.2, 0.25) is 11.8 Å². The molecule has 2 aromatic carbocycles. The van der Waals surface area contributed by atoms with Gasteiger partial charge in [-0.2, -0.15) is 0 Å². The first-order chi connectivity index (χ1) is 16.7. The molecule has 1 saturated heterocycles. The number of hydrogen-bond donors (Lipinski definition) is 1. The Labute approximate surface area is 202 Å². The number of esters is 1. The molecular weight excluding hydrogens is 457 g/mol. The number of piperazine rings is 1. The molecule has 0 saturated carbocycles. The lowest BCUT2D eigenvalue weighted by atomic mass is 10.0. The molecule has 3 rings (SSSR count). The van der Waals surface area contributed by atoms with E-state index in [0.717, 1.165) is 11.6 Å². The Bertz CT molecular complexity index is 1090. The minimum absolute atomic E-state index is 0.100. The summed E-state index contributed by atoms with van der Waals surface area (Å²) in [7, 11) is 2.76. The zero-order valence-corrected chi connectivity index (χ0v) is 19.8. The van der Waals surface area contributed by atoms with Gasteiger partial charge in [0.25, 0.3) is 5.91 Å². The summed E-state index contributed by atoms with van der Waals surface area (Å²) in [6.45, 7) is 1.54. The molecule has 0 spiro atoms. The Hall–Kier alpha value is -3.95. The fourth-order valence-electron chi connectivity index (χ4n) is 3.97. The van der Waals surface area contributed by atoms with Gasteiger partial charge in [0, 0.05) is 32.0 Å². The van der Waals surface area contributed by atoms with Crippen molar-refractivity contribution in [2.75, 3.05) is 33.9 Å². The van der Waals surface area contributed by atoms with Crippen LogP contribution in [0.2, 0.25) is 0 Å². The van der Waals surface area contributed by atoms with Crippen molar-refractivity contribution in [1.82, 2.24) is 15.1 Å². The molecule has 0 aromatic heterocycles. The maximum absolute atomic E-state index is 13.6. The maximum Gasteiger partial charge on any atom is 0.328 e. The number of rotatable bonds is 7. The van der Waals surface area contributed by atoms with E-state index in [1.165, 1.54) is 42.0 Å². The number of ether oxygens (including phenoxy) is 2. The summed E-state index contributed by atoms with van der Waals surface area (Å²) in [6.07, 6.45) is 0.154. The van der Waals surface area contributed by atoms with Crippen LogP contribution in [0.25, 0.3) is 0 Å². The first kappa shape index (κ1) is 25.7. The average molecular weight is 486 g/mol. The molecule has 2 aromatic rings. The second kappa shape index (κ2) is 11.5. The number of nitrogens with zero attached hydrogens (tertiary/aromatic N) is 2. The summed E-state index contributed by atoms with van der Waals surface area (Å²) in [4.78, 5) is 53.6. The van der Waals surface area contributed by atoms with Crippen LogP contribution in [0.15, 0.2) is 48.5 Å². The van der Waals surface area contributed by atoms with E-state index in [9.17, 15) is 23.6 Å². The van der Waals surface area contributed by atoms with Gasteiger partial charge in [-0.05, 0) is 35.9 Å². The van der Waals surface area contributed by atoms with E-state index in [1.54, 1.807) is 31.4 Å². The van der Waals surface area contributed by atoms with Gasteiger partial charge < -0.3 is 24.6 Å². The van der Waals surface area contributed by atoms with Crippen LogP contribution >= 0.6 is 0 Å². The SMILES string of the molecule is COC(=O)C(Cc1ccc(OC)cc1)NC(=O)C1CN(C(=O)c2cccc(F)c2)CCN1C(C)=O. The largest absolute Gasteiger partial charge is 0.497 e. The standard InChI is InChI=1S/C25H28FN3O6/c1-16(30)29-12-11-28(24(32)18-5-4-6-19(26)14-18)15-22(29)23(31)27-21(25(33)35-3)13-17-7-9-20(34-2)10-8-17/h4-10,14,21-22H,11-13,15H2,1-3H3,(H,27,31). The third-order valence-electron chi connectivity index (χ3n) is 5.85. The van der Waals surface area contributed by atoms with Gasteiger partial charge in [-0.3, -0.25) is 14.4 Å². The summed E-state index contributed by atoms with van der Waals surface area (Å²) in [5.41, 5.74) is 0.906. The van der Waals surface area contributed by atoms with E-state index in [2.05, 4.69) is 5.32 Å². The molecule has 0 aliphatic carbocycles. The van der Waals surface area contributed by atoms with Crippen molar-refractivity contribution in [3.8, 4) is 5.75 Å². The molecule has 2 unspecified atom stereocenters. The van der Waals surface area contributed by atoms with Crippen LogP contribution in [-0.2, 0) is 25.5 Å². The van der Waals surface area contributed by atoms with Crippen LogP contribution in [0, 0.1) is 5.82 Å². The highest BCUT2D eigenvalue weighted by Gasteiger charge is 2.37. The summed E-state index contributed by atoms with van der Waals surface area (Å²) in [5, 5.41) is 2.67. The lowest BCUT2D eigenvalue weighted by molar-refractivity contribution is -0.147. The second-order valence-electron chi connectivity index (χ2n) is 8.13. The normalized spacial score (nSPS) is 16.3. The lowest BCUT2D eigenvalue weighted by Crippen LogP contribution is -2.62. The van der Waals surface area contributed by atoms with Crippen molar-refractivity contribution in [1.29, 1.82) is 0 Å². The Morgan fingerprint density at radius 2 is 1.80 bits per heavy atom. The smallest absolute Gasteiger partial charge is 0.328 e. The Morgan fingerprint density at radius 1 is 1.09 bits per heavy atom. The number of halogens is 1. The van der Waals surface area contributed by atoms with Gasteiger partial charge in [0.05, 0.1) is 20.8 Å². The molecule has 3 amide bonds. The second-order valence-corrected chi connectivity index (χ2v) is 8.13. The summed E-state index contributed by atoms with van der Waals surface area (Å²) < 4.78 is 23.6. The van der Waals surface area contributed by atoms with E-state index in [0.29, 0.717) is 5.75 Å². The lowest BCUT2D eigenvalue weighted by Gasteiger charge is -2.40. The average Bonchev–Trinajstić information content (AvgIpc) is 2.87. The van der Waals surface area contributed by atoms with Crippen molar-refractivity contribution in [2.24, 2.45) is 0 Å². The van der Waals surface area contributed by atoms with Crippen LogP contribution in [0.4, 0.5) is 4.39 Å². The van der Waals surface area contributed by atoms with Crippen molar-refractivity contribution in [2.45, 2.75) is 25.4 Å². The van der Waals surface area contributed by atoms with Crippen molar-refractivity contribution < 1.29 is 33.0 Å². The maximum atomic E-state index is 13.6. The van der Waals surface area contributed by atoms with E-state index < -0.39 is 35.7 Å². The van der Waals surface area contributed by atoms with Gasteiger partial charge in [0.1, 0.15) is 23.7 Å². The molecule has 35 heavy (non-hydrogen) atoms. The summed E-state index contributed by atoms with van der Waals surface area (Å²) in [6, 6.07) is 10.2. The Balaban J connectivity index is 1.77. The first-order valence-corrected chi connectivity index (χ1v) is 11.1. The molecule has 1 heterocycles. The predicted octanol–water partition coefficient (Wildman–Crippen LogP) is 1.41. The van der Waals surface area contributed by atoms with Crippen LogP contribution in [0.3, 0.4) is 0 Å². The minimum Gasteiger partial charge on any atom is -0.497 e. The van der Waals surface area contributed by atoms with E-state index in [-0.39, 0.29) is 37.5 Å². The number of amides is 3. The third kappa shape index (κ3) is 6.34. The number of nitrogens with one attached hydrogen (secondary N) is 1. The van der Waals surface area contributed by atoms with E-state index in [1.807, 2.05) is 0 Å². The van der Waals surface area contributed by atoms with Crippen molar-refractivity contribution in [3.63, 3.8) is 0 Å². The minimum atomic E-state index is -1.03. The molecule has 186 valence electrons. The quantitative estimate of drug-likeness (QED) is 0.595. The molecule has 1 aliphatic heterocycles. The number of carbonyl (C=O) groups is 4. The van der Waals surface area contributed by atoms with Crippen molar-refractivity contribution in [3.05, 3.63) is 65.5 Å². The van der Waals surface area contributed by atoms with E-state index in [4.69, 9.17) is 9.47 Å². The first-order valence-electron chi connectivity index (χ1n) is 11.1. The molecule has 1 fully saturated rings. The van der Waals surface area contributed by atoms with Gasteiger partial charge in [-0.25, -0.2) is 9.18 Å². The zero-order valence-electron chi connectivity index (χ0n) is 19.8. The highest BCUT2D eigenvalue weighted by molar-refractivity contribution is 5.96. The number of methoxy groups -OCH3 is 2. The van der Waals surface area contributed by atoms with Gasteiger partial charge in [0.15, 0.2) is 0 Å². The van der Waals surface area contributed by atoms with Crippen LogP contribution in [0.5, 0.6) is 5.75 Å². The molecule has 1 N–H and O–H groups in total. The van der Waals surface area contributed by atoms with Crippen LogP contribution in [-0.4, -0.2) is 79.4 Å².